The molecule has 2 rings (SSSR count). The number of Topliss-reactive ketones (excluding diaryl/α,β-unsaturated/α-hetero) is 1. The number of benzene rings is 2. The smallest absolute Gasteiger partial charge is 0.163 e. The highest BCUT2D eigenvalue weighted by atomic mass is 79.9. The molecule has 0 heterocycles. The van der Waals surface area contributed by atoms with Crippen LogP contribution in [0, 0.1) is 28.6 Å². The van der Waals surface area contributed by atoms with Gasteiger partial charge in [0.2, 0.25) is 0 Å². The summed E-state index contributed by atoms with van der Waals surface area (Å²) < 4.78 is 0.848. The van der Waals surface area contributed by atoms with E-state index in [0.717, 1.165) is 4.47 Å². The van der Waals surface area contributed by atoms with E-state index in [2.05, 4.69) is 26.0 Å². The Balaban J connectivity index is 2.43. The van der Waals surface area contributed by atoms with Gasteiger partial charge in [-0.1, -0.05) is 57.4 Å². The zero-order valence-corrected chi connectivity index (χ0v) is 14.6. The zero-order valence-electron chi connectivity index (χ0n) is 13.0. The fraction of sp³-hybridized carbons (Fsp3) is 0.167. The van der Waals surface area contributed by atoms with E-state index in [-0.39, 0.29) is 12.2 Å². The number of rotatable bonds is 6. The number of carbonyl (C=O) groups is 1. The lowest BCUT2D eigenvalue weighted by Gasteiger charge is -2.19. The fourth-order valence-corrected chi connectivity index (χ4v) is 2.77. The fourth-order valence-electron chi connectivity index (χ4n) is 2.51. The maximum atomic E-state index is 12.6. The quantitative estimate of drug-likeness (QED) is 0.282. The third-order valence-electron chi connectivity index (χ3n) is 3.74. The van der Waals surface area contributed by atoms with Crippen LogP contribution in [0.3, 0.4) is 0 Å². The predicted octanol–water partition coefficient (Wildman–Crippen LogP) is 5.41. The van der Waals surface area contributed by atoms with E-state index in [1.165, 1.54) is 0 Å². The van der Waals surface area contributed by atoms with Crippen molar-refractivity contribution in [2.24, 2.45) is 11.0 Å². The van der Waals surface area contributed by atoms with Gasteiger partial charge in [-0.15, -0.1) is 0 Å². The van der Waals surface area contributed by atoms with Gasteiger partial charge in [-0.05, 0) is 23.2 Å². The molecule has 0 aromatic heterocycles. The molecule has 0 bridgehead atoms. The van der Waals surface area contributed by atoms with Crippen LogP contribution in [0.25, 0.3) is 10.4 Å². The topological polar surface area (TPSA) is 113 Å². The Morgan fingerprint density at radius 3 is 2.40 bits per heavy atom. The van der Waals surface area contributed by atoms with Gasteiger partial charge in [-0.25, -0.2) is 0 Å². The molecule has 0 saturated carbocycles. The van der Waals surface area contributed by atoms with Crippen molar-refractivity contribution in [1.82, 2.24) is 0 Å². The number of azide groups is 1. The van der Waals surface area contributed by atoms with E-state index < -0.39 is 11.8 Å². The van der Waals surface area contributed by atoms with Crippen LogP contribution in [0.5, 0.6) is 0 Å². The van der Waals surface area contributed by atoms with Crippen LogP contribution in [0.1, 0.15) is 28.3 Å². The number of hydrogen-bond donors (Lipinski definition) is 0. The SMILES string of the molecule is N#CC(C#N)C(CC(=O)c1ccc(Br)cc1)c1ccccc1N=[N+]=[N-]. The van der Waals surface area contributed by atoms with Crippen LogP contribution in [-0.4, -0.2) is 5.78 Å². The molecule has 0 fully saturated rings. The Morgan fingerprint density at radius 2 is 1.80 bits per heavy atom. The predicted molar refractivity (Wildman–Crippen MR) is 95.8 cm³/mol. The van der Waals surface area contributed by atoms with Gasteiger partial charge in [0.05, 0.1) is 12.1 Å². The summed E-state index contributed by atoms with van der Waals surface area (Å²) in [4.78, 5) is 15.4. The molecule has 1 unspecified atom stereocenters. The minimum absolute atomic E-state index is 0.0363. The molecule has 0 N–H and O–H groups in total. The average molecular weight is 394 g/mol. The van der Waals surface area contributed by atoms with Gasteiger partial charge >= 0.3 is 0 Å². The van der Waals surface area contributed by atoms with Crippen molar-refractivity contribution < 1.29 is 4.79 Å². The molecule has 0 amide bonds. The second kappa shape index (κ2) is 8.65. The maximum absolute atomic E-state index is 12.6. The normalized spacial score (nSPS) is 11.0. The summed E-state index contributed by atoms with van der Waals surface area (Å²) in [7, 11) is 0. The molecular formula is C18H12BrN5O. The molecule has 0 aliphatic rings. The van der Waals surface area contributed by atoms with Crippen LogP contribution in [0.15, 0.2) is 58.1 Å². The van der Waals surface area contributed by atoms with E-state index >= 15 is 0 Å². The summed E-state index contributed by atoms with van der Waals surface area (Å²) in [6.45, 7) is 0. The highest BCUT2D eigenvalue weighted by molar-refractivity contribution is 9.10. The van der Waals surface area contributed by atoms with Crippen molar-refractivity contribution in [2.45, 2.75) is 12.3 Å². The van der Waals surface area contributed by atoms with E-state index in [1.807, 2.05) is 12.1 Å². The van der Waals surface area contributed by atoms with Crippen molar-refractivity contribution in [3.8, 4) is 12.1 Å². The second-order valence-electron chi connectivity index (χ2n) is 5.22. The van der Waals surface area contributed by atoms with E-state index in [0.29, 0.717) is 16.8 Å². The van der Waals surface area contributed by atoms with Crippen LogP contribution < -0.4 is 0 Å². The van der Waals surface area contributed by atoms with Gasteiger partial charge in [0, 0.05) is 33.0 Å². The van der Waals surface area contributed by atoms with Crippen molar-refractivity contribution in [2.75, 3.05) is 0 Å². The Bertz CT molecular complexity index is 890. The monoisotopic (exact) mass is 393 g/mol. The molecule has 6 nitrogen and oxygen atoms in total. The van der Waals surface area contributed by atoms with Gasteiger partial charge in [0.15, 0.2) is 5.78 Å². The standard InChI is InChI=1S/C18H12BrN5O/c19-14-7-5-12(6-8-14)18(25)9-16(13(10-20)11-21)15-3-1-2-4-17(15)23-24-22/h1-8,13,16H,9H2. The van der Waals surface area contributed by atoms with Gasteiger partial charge in [0.1, 0.15) is 5.92 Å². The lowest BCUT2D eigenvalue weighted by atomic mass is 9.82. The molecule has 0 spiro atoms. The summed E-state index contributed by atoms with van der Waals surface area (Å²) in [5, 5.41) is 22.2. The van der Waals surface area contributed by atoms with Crippen LogP contribution >= 0.6 is 15.9 Å². The number of halogens is 1. The summed E-state index contributed by atoms with van der Waals surface area (Å²) in [6.07, 6.45) is -0.0363. The van der Waals surface area contributed by atoms with Crippen molar-refractivity contribution in [3.63, 3.8) is 0 Å². The first kappa shape index (κ1) is 18.2. The minimum Gasteiger partial charge on any atom is -0.294 e. The van der Waals surface area contributed by atoms with Crippen LogP contribution in [0.2, 0.25) is 0 Å². The third-order valence-corrected chi connectivity index (χ3v) is 4.27. The minimum atomic E-state index is -1.03. The van der Waals surface area contributed by atoms with Gasteiger partial charge in [-0.2, -0.15) is 10.5 Å². The number of carbonyl (C=O) groups excluding carboxylic acids is 1. The summed E-state index contributed by atoms with van der Waals surface area (Å²) in [5.74, 6) is -1.91. The number of nitriles is 2. The summed E-state index contributed by atoms with van der Waals surface area (Å²) in [5.41, 5.74) is 10.0. The Hall–Kier alpha value is -3.12. The molecule has 0 aliphatic carbocycles. The Kier molecular flexibility index (Phi) is 6.31. The molecule has 2 aromatic carbocycles. The van der Waals surface area contributed by atoms with Crippen molar-refractivity contribution in [1.29, 1.82) is 10.5 Å². The van der Waals surface area contributed by atoms with Gasteiger partial charge in [0.25, 0.3) is 0 Å². The first-order valence-corrected chi connectivity index (χ1v) is 8.12. The lowest BCUT2D eigenvalue weighted by Crippen LogP contribution is -2.15. The zero-order chi connectivity index (χ0) is 18.2. The van der Waals surface area contributed by atoms with Gasteiger partial charge < -0.3 is 0 Å². The molecular weight excluding hydrogens is 382 g/mol. The molecule has 122 valence electrons. The first-order chi connectivity index (χ1) is 12.1. The van der Waals surface area contributed by atoms with Crippen LogP contribution in [-0.2, 0) is 0 Å². The highest BCUT2D eigenvalue weighted by Crippen LogP contribution is 2.35. The average Bonchev–Trinajstić information content (AvgIpc) is 2.63. The lowest BCUT2D eigenvalue weighted by molar-refractivity contribution is 0.0971. The third kappa shape index (κ3) is 4.45. The maximum Gasteiger partial charge on any atom is 0.163 e. The largest absolute Gasteiger partial charge is 0.294 e. The number of hydrogen-bond acceptors (Lipinski definition) is 4. The number of ketones is 1. The molecule has 25 heavy (non-hydrogen) atoms. The van der Waals surface area contributed by atoms with Crippen LogP contribution in [0.4, 0.5) is 5.69 Å². The summed E-state index contributed by atoms with van der Waals surface area (Å²) >= 11 is 3.31. The summed E-state index contributed by atoms with van der Waals surface area (Å²) in [6, 6.07) is 17.4. The van der Waals surface area contributed by atoms with E-state index in [1.54, 1.807) is 48.5 Å². The number of nitrogens with zero attached hydrogens (tertiary/aromatic N) is 5. The second-order valence-corrected chi connectivity index (χ2v) is 6.14. The Labute approximate surface area is 153 Å². The Morgan fingerprint density at radius 1 is 1.16 bits per heavy atom. The van der Waals surface area contributed by atoms with Gasteiger partial charge in [-0.3, -0.25) is 4.79 Å². The molecule has 2 aromatic rings. The molecule has 0 saturated heterocycles. The molecule has 0 aliphatic heterocycles. The van der Waals surface area contributed by atoms with E-state index in [9.17, 15) is 15.3 Å². The van der Waals surface area contributed by atoms with Crippen molar-refractivity contribution in [3.05, 3.63) is 74.6 Å². The molecule has 7 heteroatoms. The molecule has 0 radical (unpaired) electrons. The first-order valence-electron chi connectivity index (χ1n) is 7.32. The van der Waals surface area contributed by atoms with Crippen molar-refractivity contribution >= 4 is 27.4 Å². The molecule has 1 atom stereocenters. The highest BCUT2D eigenvalue weighted by Gasteiger charge is 2.28. The van der Waals surface area contributed by atoms with E-state index in [4.69, 9.17) is 5.53 Å².